The van der Waals surface area contributed by atoms with Crippen LogP contribution in [0.25, 0.3) is 0 Å². The van der Waals surface area contributed by atoms with Crippen molar-refractivity contribution in [1.29, 1.82) is 0 Å². The highest BCUT2D eigenvalue weighted by atomic mass is 16.4. The molecule has 3 atom stereocenters. The highest BCUT2D eigenvalue weighted by Gasteiger charge is 2.56. The number of rotatable bonds is 4. The Morgan fingerprint density at radius 1 is 1.22 bits per heavy atom. The van der Waals surface area contributed by atoms with Gasteiger partial charge in [0.15, 0.2) is 0 Å². The Hall–Kier alpha value is -2.22. The van der Waals surface area contributed by atoms with E-state index in [0.29, 0.717) is 38.7 Å². The minimum absolute atomic E-state index is 0.101. The standard InChI is InChI=1S/C19H27N5O3/c1-14(24-12-15-4-2-5-19(15,13-24)17(26)27)16(25)22-8-10-23(11-9-22)18-20-6-3-7-21-18/h3,6-7,14-15H,2,4-5,8-13H2,1H3,(H,26,27)/t14?,15-,19+/m0/s1. The smallest absolute Gasteiger partial charge is 0.311 e. The fourth-order valence-electron chi connectivity index (χ4n) is 4.97. The number of hydrogen-bond donors (Lipinski definition) is 1. The van der Waals surface area contributed by atoms with E-state index in [4.69, 9.17) is 0 Å². The summed E-state index contributed by atoms with van der Waals surface area (Å²) >= 11 is 0. The highest BCUT2D eigenvalue weighted by molar-refractivity contribution is 5.82. The number of carboxylic acids is 1. The van der Waals surface area contributed by atoms with Gasteiger partial charge in [-0.1, -0.05) is 6.42 Å². The first-order valence-corrected chi connectivity index (χ1v) is 9.79. The van der Waals surface area contributed by atoms with Gasteiger partial charge in [-0.25, -0.2) is 9.97 Å². The lowest BCUT2D eigenvalue weighted by atomic mass is 9.81. The molecule has 3 aliphatic rings. The molecule has 3 fully saturated rings. The predicted molar refractivity (Wildman–Crippen MR) is 99.3 cm³/mol. The van der Waals surface area contributed by atoms with Crippen LogP contribution in [-0.4, -0.2) is 82.1 Å². The molecule has 1 amide bonds. The van der Waals surface area contributed by atoms with Crippen LogP contribution in [0.15, 0.2) is 18.5 Å². The van der Waals surface area contributed by atoms with E-state index < -0.39 is 11.4 Å². The van der Waals surface area contributed by atoms with Gasteiger partial charge in [-0.3, -0.25) is 14.5 Å². The molecule has 0 radical (unpaired) electrons. The van der Waals surface area contributed by atoms with Gasteiger partial charge in [0.2, 0.25) is 11.9 Å². The van der Waals surface area contributed by atoms with Crippen molar-refractivity contribution in [3.63, 3.8) is 0 Å². The molecular weight excluding hydrogens is 346 g/mol. The number of carbonyl (C=O) groups excluding carboxylic acids is 1. The number of likely N-dealkylation sites (tertiary alicyclic amines) is 1. The Morgan fingerprint density at radius 2 is 1.93 bits per heavy atom. The van der Waals surface area contributed by atoms with E-state index >= 15 is 0 Å². The summed E-state index contributed by atoms with van der Waals surface area (Å²) in [7, 11) is 0. The van der Waals surface area contributed by atoms with Crippen LogP contribution in [0.3, 0.4) is 0 Å². The summed E-state index contributed by atoms with van der Waals surface area (Å²) in [6.07, 6.45) is 6.13. The number of nitrogens with zero attached hydrogens (tertiary/aromatic N) is 5. The van der Waals surface area contributed by atoms with Crippen LogP contribution in [0.4, 0.5) is 5.95 Å². The van der Waals surface area contributed by atoms with Crippen LogP contribution in [-0.2, 0) is 9.59 Å². The largest absolute Gasteiger partial charge is 0.481 e. The van der Waals surface area contributed by atoms with Crippen LogP contribution in [0.1, 0.15) is 26.2 Å². The molecule has 4 rings (SSSR count). The third-order valence-corrected chi connectivity index (χ3v) is 6.65. The number of piperazine rings is 1. The van der Waals surface area contributed by atoms with E-state index in [1.165, 1.54) is 0 Å². The van der Waals surface area contributed by atoms with Gasteiger partial charge in [0.25, 0.3) is 0 Å². The van der Waals surface area contributed by atoms with Crippen LogP contribution in [0.2, 0.25) is 0 Å². The van der Waals surface area contributed by atoms with Gasteiger partial charge >= 0.3 is 5.97 Å². The average molecular weight is 373 g/mol. The van der Waals surface area contributed by atoms with E-state index in [1.807, 2.05) is 11.8 Å². The molecule has 0 spiro atoms. The SMILES string of the molecule is CC(C(=O)N1CCN(c2ncccn2)CC1)N1C[C@@H]2CCC[C@@]2(C(=O)O)C1. The fraction of sp³-hybridized carbons (Fsp3) is 0.684. The molecule has 0 aromatic carbocycles. The maximum Gasteiger partial charge on any atom is 0.311 e. The zero-order valence-electron chi connectivity index (χ0n) is 15.8. The lowest BCUT2D eigenvalue weighted by molar-refractivity contribution is -0.150. The van der Waals surface area contributed by atoms with E-state index in [2.05, 4.69) is 19.8 Å². The molecule has 1 N–H and O–H groups in total. The van der Waals surface area contributed by atoms with E-state index in [0.717, 1.165) is 25.8 Å². The fourth-order valence-corrected chi connectivity index (χ4v) is 4.97. The van der Waals surface area contributed by atoms with Crippen molar-refractivity contribution >= 4 is 17.8 Å². The maximum atomic E-state index is 13.0. The number of carbonyl (C=O) groups is 2. The quantitative estimate of drug-likeness (QED) is 0.831. The molecule has 1 unspecified atom stereocenters. The number of carboxylic acid groups (broad SMARTS) is 1. The number of aromatic nitrogens is 2. The van der Waals surface area contributed by atoms with Gasteiger partial charge in [-0.2, -0.15) is 0 Å². The van der Waals surface area contributed by atoms with Crippen molar-refractivity contribution in [1.82, 2.24) is 19.8 Å². The third kappa shape index (κ3) is 3.16. The van der Waals surface area contributed by atoms with Crippen molar-refractivity contribution < 1.29 is 14.7 Å². The van der Waals surface area contributed by atoms with Crippen LogP contribution in [0.5, 0.6) is 0 Å². The molecular formula is C19H27N5O3. The van der Waals surface area contributed by atoms with Crippen molar-refractivity contribution in [2.45, 2.75) is 32.2 Å². The first-order valence-electron chi connectivity index (χ1n) is 9.79. The second-order valence-corrected chi connectivity index (χ2v) is 8.02. The molecule has 1 aromatic heterocycles. The van der Waals surface area contributed by atoms with Gasteiger partial charge in [0.1, 0.15) is 0 Å². The molecule has 8 nitrogen and oxygen atoms in total. The van der Waals surface area contributed by atoms with Crippen molar-refractivity contribution in [2.75, 3.05) is 44.2 Å². The van der Waals surface area contributed by atoms with Gasteiger partial charge in [-0.05, 0) is 31.7 Å². The lowest BCUT2D eigenvalue weighted by Crippen LogP contribution is -2.54. The molecule has 8 heteroatoms. The summed E-state index contributed by atoms with van der Waals surface area (Å²) in [6, 6.07) is 1.52. The number of amides is 1. The average Bonchev–Trinajstić information content (AvgIpc) is 3.26. The number of aliphatic carboxylic acids is 1. The second-order valence-electron chi connectivity index (χ2n) is 8.02. The summed E-state index contributed by atoms with van der Waals surface area (Å²) < 4.78 is 0. The summed E-state index contributed by atoms with van der Waals surface area (Å²) in [5, 5.41) is 9.76. The molecule has 1 aliphatic carbocycles. The van der Waals surface area contributed by atoms with Crippen LogP contribution < -0.4 is 4.90 Å². The Balaban J connectivity index is 1.36. The van der Waals surface area contributed by atoms with E-state index in [9.17, 15) is 14.7 Å². The van der Waals surface area contributed by atoms with Gasteiger partial charge < -0.3 is 14.9 Å². The number of anilines is 1. The first kappa shape index (κ1) is 18.2. The highest BCUT2D eigenvalue weighted by Crippen LogP contribution is 2.49. The van der Waals surface area contributed by atoms with Crippen molar-refractivity contribution in [3.05, 3.63) is 18.5 Å². The molecule has 146 valence electrons. The van der Waals surface area contributed by atoms with Crippen LogP contribution >= 0.6 is 0 Å². The van der Waals surface area contributed by atoms with E-state index in [1.54, 1.807) is 18.5 Å². The predicted octanol–water partition coefficient (Wildman–Crippen LogP) is 0.700. The summed E-state index contributed by atoms with van der Waals surface area (Å²) in [6.45, 7) is 5.85. The molecule has 1 aromatic rings. The molecule has 27 heavy (non-hydrogen) atoms. The second kappa shape index (κ2) is 7.07. The summed E-state index contributed by atoms with van der Waals surface area (Å²) in [5.74, 6) is 0.290. The van der Waals surface area contributed by atoms with Crippen molar-refractivity contribution in [3.8, 4) is 0 Å². The van der Waals surface area contributed by atoms with Gasteiger partial charge in [-0.15, -0.1) is 0 Å². The van der Waals surface area contributed by atoms with Crippen molar-refractivity contribution in [2.24, 2.45) is 11.3 Å². The first-order chi connectivity index (χ1) is 13.0. The zero-order valence-corrected chi connectivity index (χ0v) is 15.8. The molecule has 0 bridgehead atoms. The van der Waals surface area contributed by atoms with E-state index in [-0.39, 0.29) is 17.9 Å². The Morgan fingerprint density at radius 3 is 2.56 bits per heavy atom. The third-order valence-electron chi connectivity index (χ3n) is 6.65. The minimum Gasteiger partial charge on any atom is -0.481 e. The lowest BCUT2D eigenvalue weighted by Gasteiger charge is -2.37. The maximum absolute atomic E-state index is 13.0. The Bertz CT molecular complexity index is 707. The Labute approximate surface area is 159 Å². The monoisotopic (exact) mass is 373 g/mol. The molecule has 2 saturated heterocycles. The normalized spacial score (nSPS) is 29.6. The molecule has 3 heterocycles. The topological polar surface area (TPSA) is 89.9 Å². The summed E-state index contributed by atoms with van der Waals surface area (Å²) in [4.78, 5) is 39.5. The van der Waals surface area contributed by atoms with Crippen LogP contribution in [0, 0.1) is 11.3 Å². The van der Waals surface area contributed by atoms with Gasteiger partial charge in [0.05, 0.1) is 11.5 Å². The summed E-state index contributed by atoms with van der Waals surface area (Å²) in [5.41, 5.74) is -0.641. The molecule has 2 aliphatic heterocycles. The van der Waals surface area contributed by atoms with Gasteiger partial charge in [0, 0.05) is 51.7 Å². The number of hydrogen-bond acceptors (Lipinski definition) is 6. The minimum atomic E-state index is -0.691. The molecule has 1 saturated carbocycles. The Kier molecular flexibility index (Phi) is 4.75. The number of fused-ring (bicyclic) bond motifs is 1. The zero-order chi connectivity index (χ0) is 19.0.